The molecule has 1 aromatic carbocycles. The molecule has 2 rings (SSSR count). The largest absolute Gasteiger partial charge is 0.316 e. The van der Waals surface area contributed by atoms with E-state index in [1.165, 1.54) is 24.0 Å². The molecule has 0 bridgehead atoms. The van der Waals surface area contributed by atoms with Gasteiger partial charge in [0.05, 0.1) is 0 Å². The topological polar surface area (TPSA) is 15.3 Å². The van der Waals surface area contributed by atoms with Crippen molar-refractivity contribution in [1.29, 1.82) is 0 Å². The van der Waals surface area contributed by atoms with E-state index in [0.29, 0.717) is 0 Å². The van der Waals surface area contributed by atoms with E-state index >= 15 is 0 Å². The molecule has 0 amide bonds. The van der Waals surface area contributed by atoms with Gasteiger partial charge in [0, 0.05) is 25.7 Å². The lowest BCUT2D eigenvalue weighted by Crippen LogP contribution is -2.25. The van der Waals surface area contributed by atoms with Gasteiger partial charge in [-0.2, -0.15) is 0 Å². The van der Waals surface area contributed by atoms with Crippen molar-refractivity contribution in [2.75, 3.05) is 13.6 Å². The Bertz CT molecular complexity index is 369. The summed E-state index contributed by atoms with van der Waals surface area (Å²) in [6.45, 7) is 6.84. The summed E-state index contributed by atoms with van der Waals surface area (Å²) in [5, 5.41) is 3.20. The van der Waals surface area contributed by atoms with Crippen LogP contribution >= 0.6 is 0 Å². The highest BCUT2D eigenvalue weighted by molar-refractivity contribution is 5.23. The SMILES string of the molecule is C=CCN(Cc1cccc(CNC)c1)C1CC1. The molecule has 1 N–H and O–H groups in total. The van der Waals surface area contributed by atoms with Gasteiger partial charge < -0.3 is 5.32 Å². The van der Waals surface area contributed by atoms with Gasteiger partial charge in [0.15, 0.2) is 0 Å². The Labute approximate surface area is 104 Å². The van der Waals surface area contributed by atoms with Crippen molar-refractivity contribution < 1.29 is 0 Å². The molecule has 0 atom stereocenters. The fourth-order valence-electron chi connectivity index (χ4n) is 2.22. The standard InChI is InChI=1S/C15H22N2/c1-3-9-17(15-7-8-15)12-14-6-4-5-13(10-14)11-16-2/h3-6,10,15-16H,1,7-9,11-12H2,2H3. The molecule has 92 valence electrons. The van der Waals surface area contributed by atoms with Crippen molar-refractivity contribution in [3.63, 3.8) is 0 Å². The Morgan fingerprint density at radius 1 is 1.41 bits per heavy atom. The lowest BCUT2D eigenvalue weighted by Gasteiger charge is -2.20. The third-order valence-corrected chi connectivity index (χ3v) is 3.18. The lowest BCUT2D eigenvalue weighted by molar-refractivity contribution is 0.284. The first-order valence-electron chi connectivity index (χ1n) is 6.41. The molecule has 2 heteroatoms. The molecule has 2 nitrogen and oxygen atoms in total. The third kappa shape index (κ3) is 3.69. The average Bonchev–Trinajstić information content (AvgIpc) is 3.13. The summed E-state index contributed by atoms with van der Waals surface area (Å²) in [7, 11) is 1.99. The molecular formula is C15H22N2. The summed E-state index contributed by atoms with van der Waals surface area (Å²) >= 11 is 0. The van der Waals surface area contributed by atoms with Gasteiger partial charge in [-0.1, -0.05) is 30.3 Å². The quantitative estimate of drug-likeness (QED) is 0.724. The van der Waals surface area contributed by atoms with Gasteiger partial charge in [0.1, 0.15) is 0 Å². The molecule has 17 heavy (non-hydrogen) atoms. The zero-order valence-electron chi connectivity index (χ0n) is 10.7. The van der Waals surface area contributed by atoms with Gasteiger partial charge in [-0.25, -0.2) is 0 Å². The van der Waals surface area contributed by atoms with Gasteiger partial charge in [-0.3, -0.25) is 4.90 Å². The first kappa shape index (κ1) is 12.3. The Morgan fingerprint density at radius 3 is 2.82 bits per heavy atom. The minimum atomic E-state index is 0.793. The van der Waals surface area contributed by atoms with E-state index in [4.69, 9.17) is 0 Å². The van der Waals surface area contributed by atoms with Crippen molar-refractivity contribution in [2.24, 2.45) is 0 Å². The number of hydrogen-bond donors (Lipinski definition) is 1. The van der Waals surface area contributed by atoms with E-state index in [1.807, 2.05) is 13.1 Å². The molecule has 0 unspecified atom stereocenters. The second-order valence-electron chi connectivity index (χ2n) is 4.80. The van der Waals surface area contributed by atoms with Crippen LogP contribution < -0.4 is 5.32 Å². The molecule has 0 heterocycles. The number of hydrogen-bond acceptors (Lipinski definition) is 2. The maximum Gasteiger partial charge on any atom is 0.0240 e. The molecule has 1 aliphatic rings. The zero-order valence-corrected chi connectivity index (χ0v) is 10.7. The summed E-state index contributed by atoms with van der Waals surface area (Å²) in [5.41, 5.74) is 2.77. The van der Waals surface area contributed by atoms with Crippen LogP contribution in [0.15, 0.2) is 36.9 Å². The maximum absolute atomic E-state index is 3.85. The lowest BCUT2D eigenvalue weighted by atomic mass is 10.1. The molecule has 0 aromatic heterocycles. The minimum absolute atomic E-state index is 0.793. The number of nitrogens with one attached hydrogen (secondary N) is 1. The van der Waals surface area contributed by atoms with E-state index in [2.05, 4.69) is 41.1 Å². The summed E-state index contributed by atoms with van der Waals surface area (Å²) < 4.78 is 0. The normalized spacial score (nSPS) is 15.2. The number of rotatable bonds is 7. The van der Waals surface area contributed by atoms with E-state index in [1.54, 1.807) is 0 Å². The highest BCUT2D eigenvalue weighted by atomic mass is 15.2. The molecular weight excluding hydrogens is 208 g/mol. The predicted octanol–water partition coefficient (Wildman–Crippen LogP) is 2.56. The van der Waals surface area contributed by atoms with E-state index in [-0.39, 0.29) is 0 Å². The van der Waals surface area contributed by atoms with Crippen LogP contribution in [0.1, 0.15) is 24.0 Å². The van der Waals surface area contributed by atoms with E-state index < -0.39 is 0 Å². The van der Waals surface area contributed by atoms with Gasteiger partial charge >= 0.3 is 0 Å². The Balaban J connectivity index is 2.00. The zero-order chi connectivity index (χ0) is 12.1. The monoisotopic (exact) mass is 230 g/mol. The van der Waals surface area contributed by atoms with Crippen molar-refractivity contribution in [2.45, 2.75) is 32.0 Å². The fraction of sp³-hybridized carbons (Fsp3) is 0.467. The van der Waals surface area contributed by atoms with E-state index in [0.717, 1.165) is 25.7 Å². The summed E-state index contributed by atoms with van der Waals surface area (Å²) in [4.78, 5) is 2.52. The van der Waals surface area contributed by atoms with Crippen LogP contribution in [0.3, 0.4) is 0 Å². The summed E-state index contributed by atoms with van der Waals surface area (Å²) in [6, 6.07) is 9.64. The molecule has 1 aliphatic carbocycles. The van der Waals surface area contributed by atoms with Crippen molar-refractivity contribution >= 4 is 0 Å². The maximum atomic E-state index is 3.85. The predicted molar refractivity (Wildman–Crippen MR) is 72.8 cm³/mol. The van der Waals surface area contributed by atoms with E-state index in [9.17, 15) is 0 Å². The molecule has 1 saturated carbocycles. The molecule has 1 fully saturated rings. The second kappa shape index (κ2) is 5.99. The Hall–Kier alpha value is -1.12. The van der Waals surface area contributed by atoms with Crippen LogP contribution in [0.4, 0.5) is 0 Å². The van der Waals surface area contributed by atoms with Crippen LogP contribution in [-0.4, -0.2) is 24.5 Å². The average molecular weight is 230 g/mol. The van der Waals surface area contributed by atoms with Crippen LogP contribution in [0.5, 0.6) is 0 Å². The van der Waals surface area contributed by atoms with Gasteiger partial charge in [-0.05, 0) is 31.0 Å². The summed E-state index contributed by atoms with van der Waals surface area (Å²) in [6.07, 6.45) is 4.71. The molecule has 0 saturated heterocycles. The van der Waals surface area contributed by atoms with Crippen molar-refractivity contribution in [3.05, 3.63) is 48.0 Å². The fourth-order valence-corrected chi connectivity index (χ4v) is 2.22. The number of benzene rings is 1. The van der Waals surface area contributed by atoms with Crippen LogP contribution in [0, 0.1) is 0 Å². The van der Waals surface area contributed by atoms with Gasteiger partial charge in [0.25, 0.3) is 0 Å². The van der Waals surface area contributed by atoms with Gasteiger partial charge in [-0.15, -0.1) is 6.58 Å². The summed E-state index contributed by atoms with van der Waals surface area (Å²) in [5.74, 6) is 0. The first-order valence-corrected chi connectivity index (χ1v) is 6.41. The molecule has 0 aliphatic heterocycles. The van der Waals surface area contributed by atoms with Gasteiger partial charge in [0.2, 0.25) is 0 Å². The molecule has 0 radical (unpaired) electrons. The number of nitrogens with zero attached hydrogens (tertiary/aromatic N) is 1. The smallest absolute Gasteiger partial charge is 0.0240 e. The first-order chi connectivity index (χ1) is 8.33. The Morgan fingerprint density at radius 2 is 2.18 bits per heavy atom. The van der Waals surface area contributed by atoms with Crippen LogP contribution in [0.2, 0.25) is 0 Å². The van der Waals surface area contributed by atoms with Crippen molar-refractivity contribution in [3.8, 4) is 0 Å². The third-order valence-electron chi connectivity index (χ3n) is 3.18. The molecule has 1 aromatic rings. The van der Waals surface area contributed by atoms with Crippen LogP contribution in [0.25, 0.3) is 0 Å². The Kier molecular flexibility index (Phi) is 4.35. The second-order valence-corrected chi connectivity index (χ2v) is 4.80. The minimum Gasteiger partial charge on any atom is -0.316 e. The molecule has 0 spiro atoms. The highest BCUT2D eigenvalue weighted by Crippen LogP contribution is 2.28. The van der Waals surface area contributed by atoms with Crippen molar-refractivity contribution in [1.82, 2.24) is 10.2 Å². The van der Waals surface area contributed by atoms with Crippen LogP contribution in [-0.2, 0) is 13.1 Å². The highest BCUT2D eigenvalue weighted by Gasteiger charge is 2.27.